The van der Waals surface area contributed by atoms with Crippen LogP contribution in [0.5, 0.6) is 11.5 Å². The summed E-state index contributed by atoms with van der Waals surface area (Å²) in [4.78, 5) is 15.8. The highest BCUT2D eigenvalue weighted by Crippen LogP contribution is 2.28. The van der Waals surface area contributed by atoms with Gasteiger partial charge >= 0.3 is 0 Å². The van der Waals surface area contributed by atoms with Gasteiger partial charge < -0.3 is 19.7 Å². The molecule has 0 saturated carbocycles. The fourth-order valence-corrected chi connectivity index (χ4v) is 3.37. The summed E-state index contributed by atoms with van der Waals surface area (Å²) < 4.78 is 11.0. The number of rotatable bonds is 9. The van der Waals surface area contributed by atoms with Crippen LogP contribution in [0.15, 0.2) is 35.7 Å². The first-order chi connectivity index (χ1) is 12.1. The number of amides is 1. The number of nitrogens with one attached hydrogen (secondary N) is 1. The molecule has 0 bridgehead atoms. The van der Waals surface area contributed by atoms with Gasteiger partial charge in [0.2, 0.25) is 0 Å². The number of likely N-dealkylation sites (N-methyl/N-ethyl adjacent to an activating group) is 1. The van der Waals surface area contributed by atoms with Crippen molar-refractivity contribution in [3.8, 4) is 11.5 Å². The van der Waals surface area contributed by atoms with Crippen LogP contribution in [0, 0.1) is 0 Å². The number of thiophene rings is 1. The van der Waals surface area contributed by atoms with Gasteiger partial charge in [0, 0.05) is 17.0 Å². The van der Waals surface area contributed by atoms with Gasteiger partial charge in [0.25, 0.3) is 5.91 Å². The molecule has 2 aromatic rings. The lowest BCUT2D eigenvalue weighted by Crippen LogP contribution is -2.34. The summed E-state index contributed by atoms with van der Waals surface area (Å²) in [6, 6.07) is 9.53. The molecular weight excluding hydrogens is 336 g/mol. The molecule has 1 unspecified atom stereocenters. The molecule has 5 nitrogen and oxygen atoms in total. The summed E-state index contributed by atoms with van der Waals surface area (Å²) >= 11 is 1.69. The fourth-order valence-electron chi connectivity index (χ4n) is 2.45. The lowest BCUT2D eigenvalue weighted by molar-refractivity contribution is 0.0942. The van der Waals surface area contributed by atoms with Crippen molar-refractivity contribution in [1.29, 1.82) is 0 Å². The number of carbonyl (C=O) groups excluding carboxylic acids is 1. The molecule has 1 atom stereocenters. The summed E-state index contributed by atoms with van der Waals surface area (Å²) in [5.41, 5.74) is 0.560. The van der Waals surface area contributed by atoms with Gasteiger partial charge in [-0.3, -0.25) is 4.79 Å². The Bertz CT molecular complexity index is 671. The average Bonchev–Trinajstić information content (AvgIpc) is 3.13. The van der Waals surface area contributed by atoms with Crippen LogP contribution < -0.4 is 14.8 Å². The van der Waals surface area contributed by atoms with Crippen molar-refractivity contribution in [2.45, 2.75) is 19.4 Å². The summed E-state index contributed by atoms with van der Waals surface area (Å²) in [6.45, 7) is 3.21. The molecule has 0 aliphatic rings. The van der Waals surface area contributed by atoms with Crippen molar-refractivity contribution in [2.75, 3.05) is 34.4 Å². The lowest BCUT2D eigenvalue weighted by atomic mass is 10.1. The van der Waals surface area contributed by atoms with Gasteiger partial charge in [-0.2, -0.15) is 0 Å². The van der Waals surface area contributed by atoms with Crippen molar-refractivity contribution in [1.82, 2.24) is 10.2 Å². The first-order valence-electron chi connectivity index (χ1n) is 8.35. The van der Waals surface area contributed by atoms with Gasteiger partial charge in [-0.1, -0.05) is 13.0 Å². The SMILES string of the molecule is CCCOc1ccc(C(=O)NCC(c2cccs2)N(C)C)cc1OC. The lowest BCUT2D eigenvalue weighted by Gasteiger charge is -2.23. The zero-order valence-electron chi connectivity index (χ0n) is 15.2. The Morgan fingerprint density at radius 1 is 1.28 bits per heavy atom. The van der Waals surface area contributed by atoms with Crippen molar-refractivity contribution in [3.05, 3.63) is 46.2 Å². The third-order valence-electron chi connectivity index (χ3n) is 3.84. The second-order valence-corrected chi connectivity index (χ2v) is 6.90. The van der Waals surface area contributed by atoms with Crippen LogP contribution in [0.1, 0.15) is 34.6 Å². The standard InChI is InChI=1S/C19H26N2O3S/c1-5-10-24-16-9-8-14(12-17(16)23-4)19(22)20-13-15(21(2)3)18-7-6-11-25-18/h6-9,11-12,15H,5,10,13H2,1-4H3,(H,20,22). The predicted octanol–water partition coefficient (Wildman–Crippen LogP) is 3.58. The number of nitrogens with zero attached hydrogens (tertiary/aromatic N) is 1. The molecule has 1 aromatic heterocycles. The molecule has 0 aliphatic carbocycles. The molecule has 1 N–H and O–H groups in total. The van der Waals surface area contributed by atoms with Crippen LogP contribution in [0.25, 0.3) is 0 Å². The van der Waals surface area contributed by atoms with E-state index in [0.29, 0.717) is 30.2 Å². The third kappa shape index (κ3) is 5.21. The maximum absolute atomic E-state index is 12.5. The van der Waals surface area contributed by atoms with E-state index >= 15 is 0 Å². The maximum atomic E-state index is 12.5. The number of benzene rings is 1. The Morgan fingerprint density at radius 3 is 2.68 bits per heavy atom. The minimum absolute atomic E-state index is 0.122. The molecule has 0 aliphatic heterocycles. The Kier molecular flexibility index (Phi) is 7.28. The Labute approximate surface area is 153 Å². The molecule has 0 fully saturated rings. The molecule has 2 rings (SSSR count). The van der Waals surface area contributed by atoms with Gasteiger partial charge in [0.15, 0.2) is 11.5 Å². The Hall–Kier alpha value is -2.05. The average molecular weight is 362 g/mol. The van der Waals surface area contributed by atoms with Crippen LogP contribution >= 0.6 is 11.3 Å². The molecule has 0 radical (unpaired) electrons. The normalized spacial score (nSPS) is 12.0. The molecule has 1 aromatic carbocycles. The van der Waals surface area contributed by atoms with E-state index in [0.717, 1.165) is 6.42 Å². The fraction of sp³-hybridized carbons (Fsp3) is 0.421. The van der Waals surface area contributed by atoms with Gasteiger partial charge in [0.05, 0.1) is 19.8 Å². The molecule has 136 valence electrons. The van der Waals surface area contributed by atoms with E-state index in [4.69, 9.17) is 9.47 Å². The van der Waals surface area contributed by atoms with Crippen molar-refractivity contribution in [2.24, 2.45) is 0 Å². The zero-order chi connectivity index (χ0) is 18.2. The summed E-state index contributed by atoms with van der Waals surface area (Å²) in [7, 11) is 5.60. The first kappa shape index (κ1) is 19.3. The highest BCUT2D eigenvalue weighted by molar-refractivity contribution is 7.10. The Balaban J connectivity index is 2.04. The molecule has 0 spiro atoms. The minimum atomic E-state index is -0.122. The maximum Gasteiger partial charge on any atom is 0.251 e. The minimum Gasteiger partial charge on any atom is -0.493 e. The number of carbonyl (C=O) groups is 1. The number of hydrogen-bond donors (Lipinski definition) is 1. The second kappa shape index (κ2) is 9.44. The van der Waals surface area contributed by atoms with E-state index in [1.807, 2.05) is 32.5 Å². The number of ether oxygens (including phenoxy) is 2. The van der Waals surface area contributed by atoms with Crippen molar-refractivity contribution in [3.63, 3.8) is 0 Å². The molecule has 0 saturated heterocycles. The van der Waals surface area contributed by atoms with E-state index in [1.54, 1.807) is 36.6 Å². The zero-order valence-corrected chi connectivity index (χ0v) is 16.1. The summed E-state index contributed by atoms with van der Waals surface area (Å²) in [5, 5.41) is 5.06. The predicted molar refractivity (Wildman–Crippen MR) is 102 cm³/mol. The van der Waals surface area contributed by atoms with Crippen LogP contribution in [0.2, 0.25) is 0 Å². The molecule has 6 heteroatoms. The monoisotopic (exact) mass is 362 g/mol. The van der Waals surface area contributed by atoms with Crippen LogP contribution in [0.3, 0.4) is 0 Å². The van der Waals surface area contributed by atoms with E-state index in [1.165, 1.54) is 4.88 Å². The van der Waals surface area contributed by atoms with Gasteiger partial charge in [-0.05, 0) is 50.2 Å². The van der Waals surface area contributed by atoms with Crippen molar-refractivity contribution < 1.29 is 14.3 Å². The molecule has 1 amide bonds. The highest BCUT2D eigenvalue weighted by atomic mass is 32.1. The molecule has 1 heterocycles. The topological polar surface area (TPSA) is 50.8 Å². The quantitative estimate of drug-likeness (QED) is 0.741. The summed E-state index contributed by atoms with van der Waals surface area (Å²) in [6.07, 6.45) is 0.917. The van der Waals surface area contributed by atoms with E-state index < -0.39 is 0 Å². The smallest absolute Gasteiger partial charge is 0.251 e. The second-order valence-electron chi connectivity index (χ2n) is 5.92. The van der Waals surface area contributed by atoms with Crippen LogP contribution in [-0.2, 0) is 0 Å². The van der Waals surface area contributed by atoms with Gasteiger partial charge in [0.1, 0.15) is 0 Å². The van der Waals surface area contributed by atoms with E-state index in [-0.39, 0.29) is 11.9 Å². The molecule has 25 heavy (non-hydrogen) atoms. The van der Waals surface area contributed by atoms with Crippen molar-refractivity contribution >= 4 is 17.2 Å². The Morgan fingerprint density at radius 2 is 2.08 bits per heavy atom. The summed E-state index contributed by atoms with van der Waals surface area (Å²) in [5.74, 6) is 1.11. The van der Waals surface area contributed by atoms with Gasteiger partial charge in [-0.25, -0.2) is 0 Å². The largest absolute Gasteiger partial charge is 0.493 e. The van der Waals surface area contributed by atoms with E-state index in [2.05, 4.69) is 16.3 Å². The van der Waals surface area contributed by atoms with Gasteiger partial charge in [-0.15, -0.1) is 11.3 Å². The van der Waals surface area contributed by atoms with Crippen LogP contribution in [-0.4, -0.2) is 45.2 Å². The number of methoxy groups -OCH3 is 1. The first-order valence-corrected chi connectivity index (χ1v) is 9.23. The van der Waals surface area contributed by atoms with E-state index in [9.17, 15) is 4.79 Å². The number of hydrogen-bond acceptors (Lipinski definition) is 5. The highest BCUT2D eigenvalue weighted by Gasteiger charge is 2.17. The third-order valence-corrected chi connectivity index (χ3v) is 4.81. The molecular formula is C19H26N2O3S. The van der Waals surface area contributed by atoms with Crippen LogP contribution in [0.4, 0.5) is 0 Å².